The first-order valence-corrected chi connectivity index (χ1v) is 13.3. The molecule has 0 spiro atoms. The monoisotopic (exact) mass is 507 g/mol. The van der Waals surface area contributed by atoms with E-state index >= 15 is 0 Å². The third-order valence-electron chi connectivity index (χ3n) is 5.96. The fourth-order valence-corrected chi connectivity index (χ4v) is 4.92. The lowest BCUT2D eigenvalue weighted by Gasteiger charge is -2.28. The number of carbonyl (C=O) groups is 2. The molecule has 3 amide bonds. The Morgan fingerprint density at radius 3 is 2.25 bits per heavy atom. The molecule has 0 aliphatic carbocycles. The van der Waals surface area contributed by atoms with Crippen molar-refractivity contribution < 1.29 is 14.3 Å². The molecule has 0 radical (unpaired) electrons. The summed E-state index contributed by atoms with van der Waals surface area (Å²) in [7, 11) is 0. The highest BCUT2D eigenvalue weighted by molar-refractivity contribution is 7.11. The van der Waals surface area contributed by atoms with Crippen molar-refractivity contribution in [1.82, 2.24) is 9.80 Å². The predicted molar refractivity (Wildman–Crippen MR) is 147 cm³/mol. The number of nitrogens with one attached hydrogen (secondary N) is 1. The van der Waals surface area contributed by atoms with Gasteiger partial charge in [-0.05, 0) is 62.9 Å². The van der Waals surface area contributed by atoms with Gasteiger partial charge in [0, 0.05) is 41.7 Å². The Morgan fingerprint density at radius 2 is 1.61 bits per heavy atom. The third-order valence-corrected chi connectivity index (χ3v) is 6.94. The summed E-state index contributed by atoms with van der Waals surface area (Å²) in [6, 6.07) is 19.7. The van der Waals surface area contributed by atoms with E-state index in [0.29, 0.717) is 39.3 Å². The van der Waals surface area contributed by atoms with Gasteiger partial charge < -0.3 is 19.9 Å². The maximum atomic E-state index is 13.6. The quantitative estimate of drug-likeness (QED) is 0.299. The van der Waals surface area contributed by atoms with Gasteiger partial charge in [0.1, 0.15) is 6.54 Å². The highest BCUT2D eigenvalue weighted by Crippen LogP contribution is 2.21. The first-order valence-electron chi connectivity index (χ1n) is 12.4. The number of nitrogens with zero attached hydrogens (tertiary/aromatic N) is 2. The largest absolute Gasteiger partial charge is 0.382 e. The van der Waals surface area contributed by atoms with Crippen molar-refractivity contribution in [3.05, 3.63) is 87.1 Å². The fourth-order valence-electron chi connectivity index (χ4n) is 4.01. The zero-order valence-corrected chi connectivity index (χ0v) is 22.6. The summed E-state index contributed by atoms with van der Waals surface area (Å²) < 4.78 is 5.48. The molecule has 3 rings (SSSR count). The molecule has 0 atom stereocenters. The number of urea groups is 1. The fraction of sp³-hybridized carbons (Fsp3) is 0.379. The van der Waals surface area contributed by atoms with Crippen LogP contribution in [0, 0.1) is 20.8 Å². The van der Waals surface area contributed by atoms with Gasteiger partial charge in [-0.1, -0.05) is 48.5 Å². The summed E-state index contributed by atoms with van der Waals surface area (Å²) in [6.07, 6.45) is 0.657. The summed E-state index contributed by atoms with van der Waals surface area (Å²) in [5, 5.41) is 3.04. The lowest BCUT2D eigenvalue weighted by molar-refractivity contribution is -0.133. The van der Waals surface area contributed by atoms with Crippen LogP contribution in [-0.4, -0.2) is 48.0 Å². The first-order chi connectivity index (χ1) is 17.4. The summed E-state index contributed by atoms with van der Waals surface area (Å²) in [5.74, 6) is -0.0852. The predicted octanol–water partition coefficient (Wildman–Crippen LogP) is 6.16. The molecule has 0 saturated heterocycles. The van der Waals surface area contributed by atoms with Gasteiger partial charge in [-0.25, -0.2) is 4.79 Å². The van der Waals surface area contributed by atoms with E-state index in [1.54, 1.807) is 16.2 Å². The number of rotatable bonds is 12. The summed E-state index contributed by atoms with van der Waals surface area (Å²) in [6.45, 7) is 10.5. The number of anilines is 1. The van der Waals surface area contributed by atoms with Crippen molar-refractivity contribution in [1.29, 1.82) is 0 Å². The maximum absolute atomic E-state index is 13.6. The van der Waals surface area contributed by atoms with E-state index in [0.717, 1.165) is 27.3 Å². The zero-order chi connectivity index (χ0) is 25.9. The highest BCUT2D eigenvalue weighted by atomic mass is 32.1. The minimum absolute atomic E-state index is 0.0000775. The summed E-state index contributed by atoms with van der Waals surface area (Å²) in [4.78, 5) is 32.8. The average Bonchev–Trinajstić information content (AvgIpc) is 3.28. The number of amides is 3. The molecule has 2 aromatic carbocycles. The Balaban J connectivity index is 1.78. The molecule has 3 aromatic rings. The van der Waals surface area contributed by atoms with Crippen LogP contribution >= 0.6 is 11.3 Å². The topological polar surface area (TPSA) is 61.9 Å². The molecule has 0 bridgehead atoms. The number of aryl methyl sites for hydroxylation is 3. The van der Waals surface area contributed by atoms with Crippen molar-refractivity contribution in [3.8, 4) is 0 Å². The van der Waals surface area contributed by atoms with Crippen LogP contribution in [0.25, 0.3) is 0 Å². The Hall–Kier alpha value is -3.16. The Kier molecular flexibility index (Phi) is 10.5. The van der Waals surface area contributed by atoms with Gasteiger partial charge in [-0.15, -0.1) is 11.3 Å². The minimum Gasteiger partial charge on any atom is -0.382 e. The minimum atomic E-state index is -0.274. The lowest BCUT2D eigenvalue weighted by Crippen LogP contribution is -2.44. The van der Waals surface area contributed by atoms with Crippen molar-refractivity contribution in [2.24, 2.45) is 0 Å². The first kappa shape index (κ1) is 27.4. The number of para-hydroxylation sites is 1. The molecular formula is C29H37N3O3S. The molecular weight excluding hydrogens is 470 g/mol. The van der Waals surface area contributed by atoms with Crippen LogP contribution in [0.2, 0.25) is 0 Å². The molecule has 0 aliphatic heterocycles. The molecule has 7 heteroatoms. The molecule has 0 unspecified atom stereocenters. The van der Waals surface area contributed by atoms with Crippen LogP contribution in [0.15, 0.2) is 60.7 Å². The van der Waals surface area contributed by atoms with Crippen molar-refractivity contribution in [2.75, 3.05) is 31.6 Å². The molecule has 0 fully saturated rings. The van der Waals surface area contributed by atoms with Gasteiger partial charge in [0.05, 0.1) is 6.54 Å². The van der Waals surface area contributed by atoms with Gasteiger partial charge in [-0.3, -0.25) is 4.79 Å². The number of hydrogen-bond acceptors (Lipinski definition) is 4. The van der Waals surface area contributed by atoms with Crippen LogP contribution in [0.3, 0.4) is 0 Å². The highest BCUT2D eigenvalue weighted by Gasteiger charge is 2.23. The van der Waals surface area contributed by atoms with Crippen LogP contribution in [-0.2, 0) is 22.6 Å². The molecule has 1 N–H and O–H groups in total. The number of carbonyl (C=O) groups excluding carboxylic acids is 2. The van der Waals surface area contributed by atoms with Crippen LogP contribution in [0.5, 0.6) is 0 Å². The number of thiophene rings is 1. The Morgan fingerprint density at radius 1 is 0.889 bits per heavy atom. The summed E-state index contributed by atoms with van der Waals surface area (Å²) >= 11 is 1.69. The van der Waals surface area contributed by atoms with E-state index in [4.69, 9.17) is 4.74 Å². The van der Waals surface area contributed by atoms with E-state index in [9.17, 15) is 9.59 Å². The van der Waals surface area contributed by atoms with Gasteiger partial charge >= 0.3 is 6.03 Å². The van der Waals surface area contributed by atoms with E-state index in [1.165, 1.54) is 4.88 Å². The number of ether oxygens (including phenoxy) is 1. The van der Waals surface area contributed by atoms with Gasteiger partial charge in [-0.2, -0.15) is 0 Å². The van der Waals surface area contributed by atoms with Gasteiger partial charge in [0.25, 0.3) is 0 Å². The van der Waals surface area contributed by atoms with E-state index in [-0.39, 0.29) is 18.5 Å². The van der Waals surface area contributed by atoms with Crippen molar-refractivity contribution >= 4 is 29.0 Å². The molecule has 1 heterocycles. The number of hydrogen-bond donors (Lipinski definition) is 1. The molecule has 36 heavy (non-hydrogen) atoms. The SMILES string of the molecule is CCOCCCN(CC(=O)N(Cc1ccccc1)Cc1ccc(C)s1)C(=O)Nc1c(C)cccc1C. The standard InChI is InChI=1S/C29H37N3O3S/c1-5-35-18-10-17-31(29(34)30-28-22(2)11-9-12-23(28)3)21-27(33)32(19-25-13-7-6-8-14-25)20-26-16-15-24(4)36-26/h6-9,11-16H,5,10,17-21H2,1-4H3,(H,30,34). The Bertz CT molecular complexity index is 1110. The normalized spacial score (nSPS) is 10.8. The molecule has 192 valence electrons. The van der Waals surface area contributed by atoms with Crippen molar-refractivity contribution in [2.45, 2.75) is 47.2 Å². The van der Waals surface area contributed by atoms with E-state index < -0.39 is 0 Å². The third kappa shape index (κ3) is 8.21. The second-order valence-corrected chi connectivity index (χ2v) is 10.3. The number of benzene rings is 2. The molecule has 1 aromatic heterocycles. The molecule has 6 nitrogen and oxygen atoms in total. The summed E-state index contributed by atoms with van der Waals surface area (Å²) in [5.41, 5.74) is 3.83. The lowest BCUT2D eigenvalue weighted by atomic mass is 10.1. The molecule has 0 aliphatic rings. The van der Waals surface area contributed by atoms with Crippen LogP contribution in [0.4, 0.5) is 10.5 Å². The smallest absolute Gasteiger partial charge is 0.322 e. The van der Waals surface area contributed by atoms with Crippen LogP contribution in [0.1, 0.15) is 39.8 Å². The average molecular weight is 508 g/mol. The van der Waals surface area contributed by atoms with Gasteiger partial charge in [0.2, 0.25) is 5.91 Å². The second kappa shape index (κ2) is 13.8. The van der Waals surface area contributed by atoms with E-state index in [1.807, 2.05) is 74.2 Å². The van der Waals surface area contributed by atoms with Gasteiger partial charge in [0.15, 0.2) is 0 Å². The second-order valence-electron chi connectivity index (χ2n) is 8.92. The Labute approximate surface area is 218 Å². The van der Waals surface area contributed by atoms with Crippen LogP contribution < -0.4 is 5.32 Å². The maximum Gasteiger partial charge on any atom is 0.322 e. The van der Waals surface area contributed by atoms with Crippen molar-refractivity contribution in [3.63, 3.8) is 0 Å². The van der Waals surface area contributed by atoms with E-state index in [2.05, 4.69) is 24.4 Å². The molecule has 0 saturated carbocycles. The zero-order valence-electron chi connectivity index (χ0n) is 21.8.